The van der Waals surface area contributed by atoms with Crippen LogP contribution < -0.4 is 0 Å². The van der Waals surface area contributed by atoms with Crippen LogP contribution in [0.1, 0.15) is 22.5 Å². The Bertz CT molecular complexity index is 2450. The first-order valence-electron chi connectivity index (χ1n) is 18.1. The van der Waals surface area contributed by atoms with Crippen molar-refractivity contribution in [3.05, 3.63) is 217 Å². The van der Waals surface area contributed by atoms with E-state index in [2.05, 4.69) is 217 Å². The molecule has 0 fully saturated rings. The van der Waals surface area contributed by atoms with Crippen molar-refractivity contribution in [2.75, 3.05) is 0 Å². The Hall–Kier alpha value is -5.50. The number of fused-ring (bicyclic) bond motifs is 4. The topological polar surface area (TPSA) is 9.86 Å². The van der Waals surface area contributed by atoms with Gasteiger partial charge in [-0.05, 0) is 73.5 Å². The van der Waals surface area contributed by atoms with Gasteiger partial charge in [-0.2, -0.15) is 0 Å². The van der Waals surface area contributed by atoms with Gasteiger partial charge >= 0.3 is 26.2 Å². The van der Waals surface area contributed by atoms with E-state index in [0.29, 0.717) is 0 Å². The molecule has 0 radical (unpaired) electrons. The fourth-order valence-electron chi connectivity index (χ4n) is 7.38. The maximum Gasteiger partial charge on any atom is 2.00 e. The molecule has 2 heterocycles. The molecule has 256 valence electrons. The zero-order valence-electron chi connectivity index (χ0n) is 30.3. The molecule has 3 heteroatoms. The summed E-state index contributed by atoms with van der Waals surface area (Å²) in [5.74, 6) is 0. The van der Waals surface area contributed by atoms with Gasteiger partial charge in [0.05, 0.1) is 11.0 Å². The Balaban J connectivity index is 0.000000124. The molecule has 0 spiro atoms. The van der Waals surface area contributed by atoms with Crippen LogP contribution in [-0.2, 0) is 39.0 Å². The van der Waals surface area contributed by atoms with Crippen molar-refractivity contribution in [1.29, 1.82) is 0 Å². The van der Waals surface area contributed by atoms with Crippen molar-refractivity contribution < 1.29 is 26.2 Å². The first-order chi connectivity index (χ1) is 25.6. The Morgan fingerprint density at radius 1 is 0.377 bits per heavy atom. The van der Waals surface area contributed by atoms with Gasteiger partial charge in [0.1, 0.15) is 0 Å². The average Bonchev–Trinajstić information content (AvgIpc) is 3.96. The molecule has 0 N–H and O–H groups in total. The summed E-state index contributed by atoms with van der Waals surface area (Å²) in [4.78, 5) is 0. The molecule has 10 aromatic rings. The molecule has 10 rings (SSSR count). The van der Waals surface area contributed by atoms with Crippen LogP contribution in [0, 0.1) is 13.8 Å². The number of para-hydroxylation sites is 2. The van der Waals surface area contributed by atoms with E-state index in [0.717, 1.165) is 12.8 Å². The minimum Gasteiger partial charge on any atom is -0.332 e. The first kappa shape index (κ1) is 35.9. The Morgan fingerprint density at radius 3 is 1.11 bits per heavy atom. The summed E-state index contributed by atoms with van der Waals surface area (Å²) in [5.41, 5.74) is 10.4. The molecule has 0 bridgehead atoms. The van der Waals surface area contributed by atoms with E-state index in [-0.39, 0.29) is 26.2 Å². The second-order valence-corrected chi connectivity index (χ2v) is 13.5. The summed E-state index contributed by atoms with van der Waals surface area (Å²) >= 11 is 0. The zero-order chi connectivity index (χ0) is 35.3. The third-order valence-electron chi connectivity index (χ3n) is 9.90. The SMILES string of the molecule is Cc1cc2ccccc2n1-c1cc2ccccc2[cH-]1.Cc1cc2ccccc2n1-c1cc2ccccc2[cH-]1.[Zr+2].c1ccc(CCc2ccccc2)cc1. The number of hydrogen-bond donors (Lipinski definition) is 0. The van der Waals surface area contributed by atoms with Gasteiger partial charge in [-0.25, -0.2) is 0 Å². The molecule has 0 atom stereocenters. The standard InChI is InChI=1S/2C18H14N.C14H14.Zr/c2*1-13-10-16-8-4-5-9-18(16)19(13)17-11-14-6-2-3-7-15(14)12-17;1-3-7-13(8-4-1)11-12-14-9-5-2-6-10-14;/h2*2-12H,1H3;1-10H,11-12H2;/q2*-1;;+2. The van der Waals surface area contributed by atoms with Gasteiger partial charge < -0.3 is 9.13 Å². The zero-order valence-corrected chi connectivity index (χ0v) is 32.7. The van der Waals surface area contributed by atoms with Gasteiger partial charge in [0.25, 0.3) is 0 Å². The van der Waals surface area contributed by atoms with Crippen molar-refractivity contribution in [2.24, 2.45) is 0 Å². The van der Waals surface area contributed by atoms with Gasteiger partial charge in [-0.3, -0.25) is 0 Å². The van der Waals surface area contributed by atoms with E-state index in [9.17, 15) is 0 Å². The number of aromatic nitrogens is 2. The van der Waals surface area contributed by atoms with Crippen LogP contribution in [0.2, 0.25) is 0 Å². The Morgan fingerprint density at radius 2 is 0.717 bits per heavy atom. The van der Waals surface area contributed by atoms with Crippen molar-refractivity contribution >= 4 is 43.4 Å². The van der Waals surface area contributed by atoms with Crippen LogP contribution in [0.25, 0.3) is 54.7 Å². The predicted molar refractivity (Wildman–Crippen MR) is 223 cm³/mol. The van der Waals surface area contributed by atoms with Gasteiger partial charge in [0.15, 0.2) is 0 Å². The van der Waals surface area contributed by atoms with E-state index >= 15 is 0 Å². The third-order valence-corrected chi connectivity index (χ3v) is 9.90. The summed E-state index contributed by atoms with van der Waals surface area (Å²) in [7, 11) is 0. The molecule has 0 aliphatic rings. The Labute approximate surface area is 331 Å². The van der Waals surface area contributed by atoms with E-state index in [4.69, 9.17) is 0 Å². The minimum absolute atomic E-state index is 0. The molecule has 0 amide bonds. The predicted octanol–water partition coefficient (Wildman–Crippen LogP) is 13.1. The fourth-order valence-corrected chi connectivity index (χ4v) is 7.38. The second kappa shape index (κ2) is 16.5. The maximum atomic E-state index is 2.33. The quantitative estimate of drug-likeness (QED) is 0.155. The second-order valence-electron chi connectivity index (χ2n) is 13.5. The molecular formula is C50H42N2Zr. The molecule has 0 saturated carbocycles. The largest absolute Gasteiger partial charge is 2.00 e. The average molecular weight is 762 g/mol. The normalized spacial score (nSPS) is 10.8. The number of hydrogen-bond acceptors (Lipinski definition) is 0. The van der Waals surface area contributed by atoms with Crippen LogP contribution in [-0.4, -0.2) is 9.13 Å². The van der Waals surface area contributed by atoms with Gasteiger partial charge in [0.2, 0.25) is 0 Å². The molecule has 0 aliphatic heterocycles. The minimum atomic E-state index is 0. The van der Waals surface area contributed by atoms with Crippen LogP contribution in [0.3, 0.4) is 0 Å². The molecule has 8 aromatic carbocycles. The molecule has 0 aliphatic carbocycles. The third kappa shape index (κ3) is 7.97. The molecule has 0 unspecified atom stereocenters. The Kier molecular flexibility index (Phi) is 11.1. The summed E-state index contributed by atoms with van der Waals surface area (Å²) in [6.45, 7) is 4.33. The van der Waals surface area contributed by atoms with Crippen molar-refractivity contribution in [2.45, 2.75) is 26.7 Å². The van der Waals surface area contributed by atoms with Crippen molar-refractivity contribution in [3.63, 3.8) is 0 Å². The summed E-state index contributed by atoms with van der Waals surface area (Å²) < 4.78 is 4.66. The number of rotatable bonds is 5. The van der Waals surface area contributed by atoms with E-state index in [1.54, 1.807) is 0 Å². The van der Waals surface area contributed by atoms with Gasteiger partial charge in [-0.1, -0.05) is 109 Å². The van der Waals surface area contributed by atoms with Crippen LogP contribution in [0.5, 0.6) is 0 Å². The van der Waals surface area contributed by atoms with E-state index < -0.39 is 0 Å². The molecule has 2 nitrogen and oxygen atoms in total. The van der Waals surface area contributed by atoms with Crippen LogP contribution in [0.4, 0.5) is 0 Å². The summed E-state index contributed by atoms with van der Waals surface area (Å²) in [6.07, 6.45) is 2.26. The summed E-state index contributed by atoms with van der Waals surface area (Å²) in [5, 5.41) is 7.80. The first-order valence-corrected chi connectivity index (χ1v) is 18.1. The molecule has 0 saturated heterocycles. The van der Waals surface area contributed by atoms with Crippen LogP contribution >= 0.6 is 0 Å². The number of aryl methyl sites for hydroxylation is 4. The molecular weight excluding hydrogens is 720 g/mol. The maximum absolute atomic E-state index is 2.33. The van der Waals surface area contributed by atoms with E-state index in [1.165, 1.54) is 77.2 Å². The van der Waals surface area contributed by atoms with Gasteiger partial charge in [0, 0.05) is 22.2 Å². The molecule has 2 aromatic heterocycles. The number of benzene rings is 6. The van der Waals surface area contributed by atoms with Crippen molar-refractivity contribution in [3.8, 4) is 11.4 Å². The van der Waals surface area contributed by atoms with Crippen LogP contribution in [0.15, 0.2) is 194 Å². The fraction of sp³-hybridized carbons (Fsp3) is 0.0800. The summed E-state index contributed by atoms with van der Waals surface area (Å²) in [6, 6.07) is 68.9. The smallest absolute Gasteiger partial charge is 0.332 e. The van der Waals surface area contributed by atoms with Gasteiger partial charge in [-0.15, -0.1) is 82.2 Å². The monoisotopic (exact) mass is 760 g/mol. The van der Waals surface area contributed by atoms with Crippen molar-refractivity contribution in [1.82, 2.24) is 9.13 Å². The van der Waals surface area contributed by atoms with E-state index in [1.807, 2.05) is 0 Å². The number of nitrogens with zero attached hydrogens (tertiary/aromatic N) is 2. The molecule has 53 heavy (non-hydrogen) atoms.